The Balaban J connectivity index is 1.20. The first-order chi connectivity index (χ1) is 20.0. The molecule has 12 heteroatoms. The van der Waals surface area contributed by atoms with E-state index in [0.29, 0.717) is 73.4 Å². The van der Waals surface area contributed by atoms with Gasteiger partial charge in [0.15, 0.2) is 0 Å². The van der Waals surface area contributed by atoms with Crippen LogP contribution in [0.2, 0.25) is 5.02 Å². The van der Waals surface area contributed by atoms with Gasteiger partial charge in [0.1, 0.15) is 23.7 Å². The van der Waals surface area contributed by atoms with E-state index in [-0.39, 0.29) is 29.1 Å². The summed E-state index contributed by atoms with van der Waals surface area (Å²) in [7, 11) is 0. The van der Waals surface area contributed by atoms with Gasteiger partial charge in [-0.25, -0.2) is 14.4 Å². The first-order valence-corrected chi connectivity index (χ1v) is 14.0. The van der Waals surface area contributed by atoms with Crippen LogP contribution in [0.4, 0.5) is 21.6 Å². The number of benzene rings is 2. The van der Waals surface area contributed by atoms with Crippen LogP contribution in [0.1, 0.15) is 6.42 Å². The monoisotopic (exact) mass is 583 g/mol. The predicted molar refractivity (Wildman–Crippen MR) is 152 cm³/mol. The van der Waals surface area contributed by atoms with E-state index >= 15 is 0 Å². The molecule has 0 radical (unpaired) electrons. The maximum Gasteiger partial charge on any atom is 0.248 e. The van der Waals surface area contributed by atoms with Crippen LogP contribution >= 0.6 is 11.6 Å². The van der Waals surface area contributed by atoms with Crippen LogP contribution in [0.25, 0.3) is 10.9 Å². The fraction of sp³-hybridized carbons (Fsp3) is 0.414. The third-order valence-corrected chi connectivity index (χ3v) is 7.64. The van der Waals surface area contributed by atoms with Crippen LogP contribution in [0, 0.1) is 11.7 Å². The topological polar surface area (TPSA) is 107 Å². The predicted octanol–water partition coefficient (Wildman–Crippen LogP) is 4.18. The highest BCUT2D eigenvalue weighted by Crippen LogP contribution is 2.34. The molecule has 0 bridgehead atoms. The highest BCUT2D eigenvalue weighted by molar-refractivity contribution is 6.31. The molecule has 3 atom stereocenters. The average Bonchev–Trinajstić information content (AvgIpc) is 3.64. The summed E-state index contributed by atoms with van der Waals surface area (Å²) in [5.41, 5.74) is 1.65. The Hall–Kier alpha value is -3.35. The molecule has 1 amide bonds. The lowest BCUT2D eigenvalue weighted by molar-refractivity contribution is -0.116. The number of carbonyl (C=O) groups excluding carboxylic acids is 1. The van der Waals surface area contributed by atoms with Gasteiger partial charge in [-0.3, -0.25) is 9.69 Å². The van der Waals surface area contributed by atoms with E-state index in [4.69, 9.17) is 30.5 Å². The number of ether oxygens (including phenoxy) is 4. The van der Waals surface area contributed by atoms with E-state index in [9.17, 15) is 9.18 Å². The number of likely N-dealkylation sites (tertiary alicyclic amines) is 1. The molecule has 1 unspecified atom stereocenters. The maximum absolute atomic E-state index is 13.7. The van der Waals surface area contributed by atoms with Crippen molar-refractivity contribution < 1.29 is 28.1 Å². The first kappa shape index (κ1) is 27.8. The lowest BCUT2D eigenvalue weighted by atomic mass is 10.1. The van der Waals surface area contributed by atoms with Crippen molar-refractivity contribution in [2.45, 2.75) is 18.6 Å². The standard InChI is InChI=1S/C29H31ClFN5O5/c30-21-10-19(3-4-22(21)31)34-29-20-11-24(25(12-23(20)32-17-33-29)41-16-18-5-7-38-15-18)35-28(37)2-1-6-36-13-26-27(14-36)40-9-8-39-26/h1-4,10-12,17-18,26-27H,5-9,13-16H2,(H,35,37)(H,32,33,34)/b2-1+/t18-,26-,27?/m0/s1. The number of hydrogen-bond acceptors (Lipinski definition) is 9. The van der Waals surface area contributed by atoms with Crippen molar-refractivity contribution in [3.63, 3.8) is 0 Å². The van der Waals surface area contributed by atoms with Crippen LogP contribution in [0.15, 0.2) is 48.8 Å². The minimum absolute atomic E-state index is 0.00701. The molecular formula is C29H31ClFN5O5. The highest BCUT2D eigenvalue weighted by Gasteiger charge is 2.35. The molecule has 10 nitrogen and oxygen atoms in total. The fourth-order valence-electron chi connectivity index (χ4n) is 5.20. The molecule has 2 aromatic carbocycles. The van der Waals surface area contributed by atoms with E-state index in [1.165, 1.54) is 24.5 Å². The lowest BCUT2D eigenvalue weighted by Gasteiger charge is -2.24. The van der Waals surface area contributed by atoms with Gasteiger partial charge in [0.25, 0.3) is 0 Å². The van der Waals surface area contributed by atoms with Crippen molar-refractivity contribution >= 4 is 45.6 Å². The van der Waals surface area contributed by atoms with E-state index < -0.39 is 5.82 Å². The van der Waals surface area contributed by atoms with Crippen LogP contribution in [0.5, 0.6) is 5.75 Å². The average molecular weight is 584 g/mol. The summed E-state index contributed by atoms with van der Waals surface area (Å²) in [6.07, 6.45) is 5.87. The van der Waals surface area contributed by atoms with Crippen molar-refractivity contribution in [1.29, 1.82) is 0 Å². The quantitative estimate of drug-likeness (QED) is 0.359. The third kappa shape index (κ3) is 6.77. The van der Waals surface area contributed by atoms with Crippen molar-refractivity contribution in [1.82, 2.24) is 14.9 Å². The van der Waals surface area contributed by atoms with Crippen molar-refractivity contribution in [2.24, 2.45) is 5.92 Å². The molecule has 3 fully saturated rings. The van der Waals surface area contributed by atoms with Gasteiger partial charge in [0.2, 0.25) is 5.91 Å². The van der Waals surface area contributed by atoms with Gasteiger partial charge in [-0.2, -0.15) is 0 Å². The highest BCUT2D eigenvalue weighted by atomic mass is 35.5. The van der Waals surface area contributed by atoms with E-state index in [1.54, 1.807) is 18.2 Å². The Morgan fingerprint density at radius 3 is 2.73 bits per heavy atom. The van der Waals surface area contributed by atoms with Crippen LogP contribution in [-0.4, -0.2) is 85.7 Å². The molecule has 0 spiro atoms. The molecule has 3 aliphatic heterocycles. The van der Waals surface area contributed by atoms with Crippen LogP contribution in [0.3, 0.4) is 0 Å². The molecule has 6 rings (SSSR count). The zero-order valence-corrected chi connectivity index (χ0v) is 23.1. The number of rotatable bonds is 9. The number of anilines is 3. The Morgan fingerprint density at radius 2 is 1.98 bits per heavy atom. The minimum atomic E-state index is -0.512. The zero-order valence-electron chi connectivity index (χ0n) is 22.4. The molecule has 0 saturated carbocycles. The number of nitrogens with zero attached hydrogens (tertiary/aromatic N) is 3. The normalized spacial score (nSPS) is 22.7. The van der Waals surface area contributed by atoms with Crippen molar-refractivity contribution in [2.75, 3.05) is 63.3 Å². The number of carbonyl (C=O) groups is 1. The van der Waals surface area contributed by atoms with E-state index in [2.05, 4.69) is 25.5 Å². The van der Waals surface area contributed by atoms with Gasteiger partial charge >= 0.3 is 0 Å². The van der Waals surface area contributed by atoms with Crippen molar-refractivity contribution in [3.8, 4) is 5.75 Å². The van der Waals surface area contributed by atoms with Crippen molar-refractivity contribution in [3.05, 3.63) is 59.7 Å². The minimum Gasteiger partial charge on any atom is -0.491 e. The van der Waals surface area contributed by atoms with Gasteiger partial charge < -0.3 is 29.6 Å². The largest absolute Gasteiger partial charge is 0.491 e. The summed E-state index contributed by atoms with van der Waals surface area (Å²) in [6, 6.07) is 7.88. The number of nitrogens with one attached hydrogen (secondary N) is 2. The van der Waals surface area contributed by atoms with E-state index in [0.717, 1.165) is 19.5 Å². The van der Waals surface area contributed by atoms with Crippen LogP contribution < -0.4 is 15.4 Å². The van der Waals surface area contributed by atoms with Gasteiger partial charge in [-0.1, -0.05) is 17.7 Å². The molecule has 4 heterocycles. The van der Waals surface area contributed by atoms with Gasteiger partial charge in [-0.05, 0) is 30.7 Å². The number of halogens is 2. The van der Waals surface area contributed by atoms with Crippen LogP contribution in [-0.2, 0) is 19.0 Å². The Morgan fingerprint density at radius 1 is 1.15 bits per heavy atom. The summed E-state index contributed by atoms with van der Waals surface area (Å²) >= 11 is 5.96. The second-order valence-corrected chi connectivity index (χ2v) is 10.7. The molecule has 3 aliphatic rings. The fourth-order valence-corrected chi connectivity index (χ4v) is 5.38. The molecule has 1 aromatic heterocycles. The Labute approximate surface area is 241 Å². The number of fused-ring (bicyclic) bond motifs is 2. The zero-order chi connectivity index (χ0) is 28.2. The molecule has 0 aliphatic carbocycles. The summed E-state index contributed by atoms with van der Waals surface area (Å²) < 4.78 is 36.9. The number of hydrogen-bond donors (Lipinski definition) is 2. The number of amides is 1. The summed E-state index contributed by atoms with van der Waals surface area (Å²) in [6.45, 7) is 5.22. The molecule has 2 N–H and O–H groups in total. The Bertz CT molecular complexity index is 1420. The Kier molecular flexibility index (Phi) is 8.59. The number of aromatic nitrogens is 2. The molecule has 3 aromatic rings. The molecule has 3 saturated heterocycles. The second-order valence-electron chi connectivity index (χ2n) is 10.3. The molecule has 41 heavy (non-hydrogen) atoms. The van der Waals surface area contributed by atoms with Gasteiger partial charge in [-0.15, -0.1) is 0 Å². The summed E-state index contributed by atoms with van der Waals surface area (Å²) in [5, 5.41) is 6.76. The summed E-state index contributed by atoms with van der Waals surface area (Å²) in [4.78, 5) is 24.0. The molecule has 216 valence electrons. The van der Waals surface area contributed by atoms with Gasteiger partial charge in [0.05, 0.1) is 54.9 Å². The van der Waals surface area contributed by atoms with Gasteiger partial charge in [0, 0.05) is 55.4 Å². The second kappa shape index (κ2) is 12.7. The summed E-state index contributed by atoms with van der Waals surface area (Å²) in [5.74, 6) is 0.441. The lowest BCUT2D eigenvalue weighted by Crippen LogP contribution is -2.36. The third-order valence-electron chi connectivity index (χ3n) is 7.35. The smallest absolute Gasteiger partial charge is 0.248 e. The first-order valence-electron chi connectivity index (χ1n) is 13.7. The SMILES string of the molecule is O=C(/C=C/CN1CC2OCCO[C@H]2C1)Nc1cc2c(Nc3ccc(F)c(Cl)c3)ncnc2cc1OC[C@H]1CCOC1. The molecular weight excluding hydrogens is 553 g/mol. The maximum atomic E-state index is 13.7. The van der Waals surface area contributed by atoms with E-state index in [1.807, 2.05) is 6.08 Å².